The number of rotatable bonds is 19. The lowest BCUT2D eigenvalue weighted by atomic mass is 9.90. The number of hydrogen-bond acceptors (Lipinski definition) is 4. The second kappa shape index (κ2) is 19.0. The van der Waals surface area contributed by atoms with Crippen LogP contribution in [0.15, 0.2) is 42.5 Å². The van der Waals surface area contributed by atoms with Crippen LogP contribution in [0.25, 0.3) is 0 Å². The molecule has 6 nitrogen and oxygen atoms in total. The van der Waals surface area contributed by atoms with Crippen molar-refractivity contribution >= 4 is 11.8 Å². The van der Waals surface area contributed by atoms with Crippen LogP contribution >= 0.6 is 0 Å². The third-order valence-electron chi connectivity index (χ3n) is 7.32. The van der Waals surface area contributed by atoms with Gasteiger partial charge >= 0.3 is 0 Å². The van der Waals surface area contributed by atoms with Crippen molar-refractivity contribution in [2.45, 2.75) is 104 Å². The largest absolute Gasteiger partial charge is 0.354 e. The molecule has 0 heterocycles. The van der Waals surface area contributed by atoms with Crippen molar-refractivity contribution in [3.63, 3.8) is 0 Å². The predicted octanol–water partition coefficient (Wildman–Crippen LogP) is 6.62. The van der Waals surface area contributed by atoms with Crippen molar-refractivity contribution in [1.29, 1.82) is 5.26 Å². The average molecular weight is 561 g/mol. The van der Waals surface area contributed by atoms with Crippen LogP contribution in [0.1, 0.15) is 111 Å². The van der Waals surface area contributed by atoms with Gasteiger partial charge in [-0.1, -0.05) is 82.9 Å². The number of hydrogen-bond donors (Lipinski definition) is 3. The fourth-order valence-electron chi connectivity index (χ4n) is 5.00. The molecule has 2 amide bonds. The molecule has 2 aromatic rings. The van der Waals surface area contributed by atoms with Gasteiger partial charge < -0.3 is 16.0 Å². The van der Waals surface area contributed by atoms with Crippen molar-refractivity contribution < 1.29 is 9.59 Å². The molecule has 0 saturated carbocycles. The molecule has 2 aromatic carbocycles. The Morgan fingerprint density at radius 3 is 2.29 bits per heavy atom. The van der Waals surface area contributed by atoms with Crippen LogP contribution < -0.4 is 16.0 Å². The molecule has 224 valence electrons. The molecule has 0 saturated heterocycles. The Hall–Kier alpha value is -3.17. The van der Waals surface area contributed by atoms with E-state index < -0.39 is 0 Å². The third-order valence-corrected chi connectivity index (χ3v) is 7.32. The van der Waals surface area contributed by atoms with Gasteiger partial charge in [0.15, 0.2) is 0 Å². The SMILES string of the molecule is CCCCC(C#N)c1cc(CCCCc2cccc(C)c2)cc(C(=O)NCCN[C@@H](CCC)C(=O)NCC(C)C)c1. The molecule has 2 rings (SSSR count). The highest BCUT2D eigenvalue weighted by Gasteiger charge is 2.18. The van der Waals surface area contributed by atoms with E-state index in [2.05, 4.69) is 87.0 Å². The number of nitrogens with one attached hydrogen (secondary N) is 3. The third kappa shape index (κ3) is 12.9. The van der Waals surface area contributed by atoms with Gasteiger partial charge in [-0.15, -0.1) is 0 Å². The van der Waals surface area contributed by atoms with Gasteiger partial charge in [0, 0.05) is 25.2 Å². The maximum atomic E-state index is 13.2. The molecule has 0 bridgehead atoms. The number of aryl methyl sites for hydroxylation is 3. The molecule has 0 aliphatic carbocycles. The lowest BCUT2D eigenvalue weighted by Crippen LogP contribution is -2.47. The zero-order chi connectivity index (χ0) is 30.0. The van der Waals surface area contributed by atoms with Gasteiger partial charge in [0.05, 0.1) is 18.0 Å². The Morgan fingerprint density at radius 2 is 1.63 bits per heavy atom. The summed E-state index contributed by atoms with van der Waals surface area (Å²) in [5.74, 6) is 0.0610. The summed E-state index contributed by atoms with van der Waals surface area (Å²) < 4.78 is 0. The number of nitriles is 1. The Morgan fingerprint density at radius 1 is 0.878 bits per heavy atom. The van der Waals surface area contributed by atoms with E-state index >= 15 is 0 Å². The van der Waals surface area contributed by atoms with E-state index in [1.807, 2.05) is 12.1 Å². The average Bonchev–Trinajstić information content (AvgIpc) is 2.96. The normalized spacial score (nSPS) is 12.5. The molecule has 0 spiro atoms. The van der Waals surface area contributed by atoms with E-state index in [1.165, 1.54) is 11.1 Å². The zero-order valence-corrected chi connectivity index (χ0v) is 26.0. The van der Waals surface area contributed by atoms with Gasteiger partial charge in [0.2, 0.25) is 5.91 Å². The van der Waals surface area contributed by atoms with Crippen LogP contribution in [0.2, 0.25) is 0 Å². The number of carbonyl (C=O) groups is 2. The fraction of sp³-hybridized carbons (Fsp3) is 0.571. The fourth-order valence-corrected chi connectivity index (χ4v) is 5.00. The maximum Gasteiger partial charge on any atom is 0.251 e. The first kappa shape index (κ1) is 34.0. The minimum Gasteiger partial charge on any atom is -0.354 e. The van der Waals surface area contributed by atoms with E-state index in [4.69, 9.17) is 0 Å². The summed E-state index contributed by atoms with van der Waals surface area (Å²) in [5.41, 5.74) is 5.29. The highest BCUT2D eigenvalue weighted by molar-refractivity contribution is 5.94. The molecule has 0 aliphatic rings. The zero-order valence-electron chi connectivity index (χ0n) is 26.0. The summed E-state index contributed by atoms with van der Waals surface area (Å²) in [6, 6.07) is 16.8. The Balaban J connectivity index is 2.02. The van der Waals surface area contributed by atoms with Crippen LogP contribution in [-0.4, -0.2) is 37.5 Å². The molecule has 0 fully saturated rings. The Labute approximate surface area is 248 Å². The van der Waals surface area contributed by atoms with Crippen LogP contribution in [0.4, 0.5) is 0 Å². The molecule has 3 N–H and O–H groups in total. The van der Waals surface area contributed by atoms with Crippen molar-refractivity contribution in [2.24, 2.45) is 5.92 Å². The minimum atomic E-state index is -0.264. The molecule has 1 unspecified atom stereocenters. The molecular weight excluding hydrogens is 508 g/mol. The van der Waals surface area contributed by atoms with Gasteiger partial charge in [-0.2, -0.15) is 5.26 Å². The summed E-state index contributed by atoms with van der Waals surface area (Å²) in [4.78, 5) is 25.7. The first-order chi connectivity index (χ1) is 19.8. The molecule has 2 atom stereocenters. The van der Waals surface area contributed by atoms with Gasteiger partial charge in [0.25, 0.3) is 5.91 Å². The topological polar surface area (TPSA) is 94.0 Å². The first-order valence-corrected chi connectivity index (χ1v) is 15.7. The Kier molecular flexibility index (Phi) is 15.8. The van der Waals surface area contributed by atoms with Crippen LogP contribution in [0, 0.1) is 24.2 Å². The highest BCUT2D eigenvalue weighted by Crippen LogP contribution is 2.25. The number of unbranched alkanes of at least 4 members (excludes halogenated alkanes) is 2. The summed E-state index contributed by atoms with van der Waals surface area (Å²) in [7, 11) is 0. The maximum absolute atomic E-state index is 13.2. The number of carbonyl (C=O) groups excluding carboxylic acids is 2. The van der Waals surface area contributed by atoms with Crippen molar-refractivity contribution in [3.8, 4) is 6.07 Å². The standard InChI is InChI=1S/C35H52N4O2/c1-6-8-17-30(24-36)31-21-29(15-10-9-14-28-16-11-13-27(5)20-28)22-32(23-31)34(40)38-19-18-37-33(12-7-2)35(41)39-25-26(3)4/h11,13,16,20-23,26,30,33,37H,6-10,12,14-15,17-19,25H2,1-5H3,(H,38,40)(H,39,41)/t30?,33-/m0/s1. The monoisotopic (exact) mass is 560 g/mol. The van der Waals surface area contributed by atoms with Crippen molar-refractivity contribution in [2.75, 3.05) is 19.6 Å². The van der Waals surface area contributed by atoms with Crippen LogP contribution in [0.3, 0.4) is 0 Å². The number of amides is 2. The molecule has 41 heavy (non-hydrogen) atoms. The molecule has 6 heteroatoms. The van der Waals surface area contributed by atoms with Crippen molar-refractivity contribution in [1.82, 2.24) is 16.0 Å². The lowest BCUT2D eigenvalue weighted by Gasteiger charge is -2.19. The molecule has 0 radical (unpaired) electrons. The highest BCUT2D eigenvalue weighted by atomic mass is 16.2. The first-order valence-electron chi connectivity index (χ1n) is 15.7. The number of nitrogens with zero attached hydrogens (tertiary/aromatic N) is 1. The molecule has 0 aromatic heterocycles. The Bertz CT molecular complexity index is 1120. The predicted molar refractivity (Wildman–Crippen MR) is 169 cm³/mol. The van der Waals surface area contributed by atoms with Crippen molar-refractivity contribution in [3.05, 3.63) is 70.3 Å². The van der Waals surface area contributed by atoms with Gasteiger partial charge in [0.1, 0.15) is 0 Å². The molecular formula is C35H52N4O2. The second-order valence-corrected chi connectivity index (χ2v) is 11.7. The van der Waals surface area contributed by atoms with E-state index in [1.54, 1.807) is 0 Å². The minimum absolute atomic E-state index is 0.0150. The summed E-state index contributed by atoms with van der Waals surface area (Å²) in [6.07, 6.45) is 8.46. The summed E-state index contributed by atoms with van der Waals surface area (Å²) in [6.45, 7) is 12.1. The quantitative estimate of drug-likeness (QED) is 0.168. The van der Waals surface area contributed by atoms with Gasteiger partial charge in [-0.3, -0.25) is 9.59 Å². The van der Waals surface area contributed by atoms with Gasteiger partial charge in [-0.25, -0.2) is 0 Å². The van der Waals surface area contributed by atoms with Gasteiger partial charge in [-0.05, 0) is 80.2 Å². The van der Waals surface area contributed by atoms with Crippen LogP contribution in [0.5, 0.6) is 0 Å². The summed E-state index contributed by atoms with van der Waals surface area (Å²) >= 11 is 0. The smallest absolute Gasteiger partial charge is 0.251 e. The van der Waals surface area contributed by atoms with E-state index in [-0.39, 0.29) is 23.8 Å². The molecule has 0 aliphatic heterocycles. The summed E-state index contributed by atoms with van der Waals surface area (Å²) in [5, 5.41) is 19.2. The lowest BCUT2D eigenvalue weighted by molar-refractivity contribution is -0.123. The van der Waals surface area contributed by atoms with E-state index in [9.17, 15) is 14.9 Å². The number of benzene rings is 2. The van der Waals surface area contributed by atoms with E-state index in [0.717, 1.165) is 68.9 Å². The van der Waals surface area contributed by atoms with E-state index in [0.29, 0.717) is 31.1 Å². The second-order valence-electron chi connectivity index (χ2n) is 11.7. The van der Waals surface area contributed by atoms with Crippen LogP contribution in [-0.2, 0) is 17.6 Å².